The van der Waals surface area contributed by atoms with Gasteiger partial charge in [-0.1, -0.05) is 36.7 Å². The van der Waals surface area contributed by atoms with Crippen LogP contribution in [-0.4, -0.2) is 11.5 Å². The van der Waals surface area contributed by atoms with E-state index in [0.29, 0.717) is 16.8 Å². The van der Waals surface area contributed by atoms with Crippen LogP contribution in [0.3, 0.4) is 0 Å². The molecule has 0 radical (unpaired) electrons. The lowest BCUT2D eigenvalue weighted by Crippen LogP contribution is -2.31. The number of alkyl halides is 1. The summed E-state index contributed by atoms with van der Waals surface area (Å²) in [5.41, 5.74) is 3.50. The van der Waals surface area contributed by atoms with Crippen molar-refractivity contribution in [1.29, 1.82) is 0 Å². The van der Waals surface area contributed by atoms with E-state index in [2.05, 4.69) is 41.1 Å². The average Bonchev–Trinajstić information content (AvgIpc) is 2.46. The van der Waals surface area contributed by atoms with Crippen LogP contribution in [0, 0.1) is 5.92 Å². The fourth-order valence-corrected chi connectivity index (χ4v) is 3.18. The van der Waals surface area contributed by atoms with Gasteiger partial charge in [0.2, 0.25) is 0 Å². The molecule has 0 spiro atoms. The highest BCUT2D eigenvalue weighted by atomic mass is 35.5. The highest BCUT2D eigenvalue weighted by Crippen LogP contribution is 2.37. The van der Waals surface area contributed by atoms with Crippen molar-refractivity contribution in [3.63, 3.8) is 0 Å². The third kappa shape index (κ3) is 2.50. The van der Waals surface area contributed by atoms with Crippen molar-refractivity contribution in [1.82, 2.24) is 4.98 Å². The Morgan fingerprint density at radius 1 is 1.35 bits per heavy atom. The normalized spacial score (nSPS) is 17.9. The van der Waals surface area contributed by atoms with Crippen molar-refractivity contribution in [2.24, 2.45) is 5.92 Å². The van der Waals surface area contributed by atoms with Gasteiger partial charge in [0.15, 0.2) is 5.82 Å². The zero-order chi connectivity index (χ0) is 14.1. The molecule has 104 valence electrons. The van der Waals surface area contributed by atoms with Crippen LogP contribution in [0.2, 0.25) is 5.02 Å². The van der Waals surface area contributed by atoms with Gasteiger partial charge in [0.1, 0.15) is 0 Å². The highest BCUT2D eigenvalue weighted by Gasteiger charge is 2.24. The third-order valence-electron chi connectivity index (χ3n) is 3.63. The molecule has 3 rings (SSSR count). The number of hydrogen-bond donors (Lipinski definition) is 0. The number of benzene rings is 1. The maximum Gasteiger partial charge on any atom is 0.151 e. The number of nitrogens with zero attached hydrogens (tertiary/aromatic N) is 2. The van der Waals surface area contributed by atoms with E-state index in [1.807, 2.05) is 6.07 Å². The molecular weight excluding hydrogens is 291 g/mol. The fourth-order valence-electron chi connectivity index (χ4n) is 2.74. The molecule has 2 heterocycles. The van der Waals surface area contributed by atoms with Crippen LogP contribution in [-0.2, 0) is 12.3 Å². The molecule has 2 nitrogen and oxygen atoms in total. The molecule has 20 heavy (non-hydrogen) atoms. The smallest absolute Gasteiger partial charge is 0.151 e. The third-order valence-corrected chi connectivity index (χ3v) is 4.22. The van der Waals surface area contributed by atoms with Gasteiger partial charge in [-0.25, -0.2) is 4.98 Å². The topological polar surface area (TPSA) is 16.1 Å². The Kier molecular flexibility index (Phi) is 3.86. The first-order chi connectivity index (χ1) is 9.69. The molecule has 0 fully saturated rings. The van der Waals surface area contributed by atoms with Gasteiger partial charge >= 0.3 is 0 Å². The number of halogens is 2. The molecule has 1 unspecified atom stereocenters. The van der Waals surface area contributed by atoms with E-state index in [4.69, 9.17) is 23.2 Å². The summed E-state index contributed by atoms with van der Waals surface area (Å²) < 4.78 is 0. The number of aromatic nitrogens is 1. The Hall–Kier alpha value is -1.25. The van der Waals surface area contributed by atoms with Crippen LogP contribution in [0.15, 0.2) is 36.5 Å². The standard InChI is InChI=1S/C16H16Cl2N2/c1-11-6-13-4-2-3-5-15(13)20(10-11)16-14(18)7-12(8-17)9-19-16/h2-5,7,9,11H,6,8,10H2,1H3. The quantitative estimate of drug-likeness (QED) is 0.741. The molecule has 4 heteroatoms. The van der Waals surface area contributed by atoms with E-state index in [-0.39, 0.29) is 0 Å². The number of fused-ring (bicyclic) bond motifs is 1. The van der Waals surface area contributed by atoms with Crippen LogP contribution in [0.1, 0.15) is 18.1 Å². The molecule has 0 amide bonds. The molecule has 2 aromatic rings. The first kappa shape index (κ1) is 13.7. The van der Waals surface area contributed by atoms with Crippen molar-refractivity contribution in [3.8, 4) is 0 Å². The Labute approximate surface area is 129 Å². The van der Waals surface area contributed by atoms with Crippen molar-refractivity contribution < 1.29 is 0 Å². The SMILES string of the molecule is CC1Cc2ccccc2N(c2ncc(CCl)cc2Cl)C1. The van der Waals surface area contributed by atoms with E-state index in [1.54, 1.807) is 6.20 Å². The molecule has 0 bridgehead atoms. The van der Waals surface area contributed by atoms with Gasteiger partial charge in [-0.05, 0) is 35.6 Å². The van der Waals surface area contributed by atoms with E-state index in [9.17, 15) is 0 Å². The number of rotatable bonds is 2. The molecule has 0 saturated heterocycles. The number of pyridine rings is 1. The number of anilines is 2. The zero-order valence-corrected chi connectivity index (χ0v) is 12.8. The lowest BCUT2D eigenvalue weighted by Gasteiger charge is -2.34. The molecular formula is C16H16Cl2N2. The van der Waals surface area contributed by atoms with Crippen LogP contribution in [0.4, 0.5) is 11.5 Å². The van der Waals surface area contributed by atoms with E-state index >= 15 is 0 Å². The molecule has 1 atom stereocenters. The summed E-state index contributed by atoms with van der Waals surface area (Å²) >= 11 is 12.2. The van der Waals surface area contributed by atoms with Crippen LogP contribution in [0.5, 0.6) is 0 Å². The van der Waals surface area contributed by atoms with Gasteiger partial charge in [-0.2, -0.15) is 0 Å². The minimum Gasteiger partial charge on any atom is -0.325 e. The molecule has 0 aliphatic carbocycles. The predicted molar refractivity (Wildman–Crippen MR) is 85.1 cm³/mol. The Morgan fingerprint density at radius 2 is 2.15 bits per heavy atom. The summed E-state index contributed by atoms with van der Waals surface area (Å²) in [5.74, 6) is 1.83. The lowest BCUT2D eigenvalue weighted by atomic mass is 9.94. The Balaban J connectivity index is 2.06. The summed E-state index contributed by atoms with van der Waals surface area (Å²) in [6.07, 6.45) is 2.90. The van der Waals surface area contributed by atoms with Crippen LogP contribution < -0.4 is 4.90 Å². The maximum absolute atomic E-state index is 6.39. The van der Waals surface area contributed by atoms with Crippen molar-refractivity contribution >= 4 is 34.7 Å². The summed E-state index contributed by atoms with van der Waals surface area (Å²) in [6, 6.07) is 10.4. The van der Waals surface area contributed by atoms with Crippen molar-refractivity contribution in [2.45, 2.75) is 19.2 Å². The van der Waals surface area contributed by atoms with Gasteiger partial charge < -0.3 is 4.90 Å². The molecule has 1 aliphatic heterocycles. The molecule has 0 saturated carbocycles. The van der Waals surface area contributed by atoms with Gasteiger partial charge in [-0.15, -0.1) is 11.6 Å². The molecule has 1 aromatic heterocycles. The second-order valence-corrected chi connectivity index (χ2v) is 6.01. The molecule has 1 aliphatic rings. The first-order valence-corrected chi connectivity index (χ1v) is 7.66. The Bertz CT molecular complexity index is 628. The second-order valence-electron chi connectivity index (χ2n) is 5.33. The maximum atomic E-state index is 6.39. The van der Waals surface area contributed by atoms with Crippen molar-refractivity contribution in [3.05, 3.63) is 52.7 Å². The van der Waals surface area contributed by atoms with Crippen LogP contribution >= 0.6 is 23.2 Å². The fraction of sp³-hybridized carbons (Fsp3) is 0.312. The highest BCUT2D eigenvalue weighted by molar-refractivity contribution is 6.33. The van der Waals surface area contributed by atoms with Gasteiger partial charge in [0.05, 0.1) is 5.02 Å². The summed E-state index contributed by atoms with van der Waals surface area (Å²) in [7, 11) is 0. The molecule has 1 aromatic carbocycles. The zero-order valence-electron chi connectivity index (χ0n) is 11.3. The van der Waals surface area contributed by atoms with E-state index < -0.39 is 0 Å². The molecule has 0 N–H and O–H groups in total. The van der Waals surface area contributed by atoms with Crippen molar-refractivity contribution in [2.75, 3.05) is 11.4 Å². The van der Waals surface area contributed by atoms with Crippen LogP contribution in [0.25, 0.3) is 0 Å². The minimum absolute atomic E-state index is 0.431. The second kappa shape index (κ2) is 5.63. The number of hydrogen-bond acceptors (Lipinski definition) is 2. The number of para-hydroxylation sites is 1. The Morgan fingerprint density at radius 3 is 2.90 bits per heavy atom. The lowest BCUT2D eigenvalue weighted by molar-refractivity contribution is 0.560. The van der Waals surface area contributed by atoms with E-state index in [0.717, 1.165) is 24.3 Å². The minimum atomic E-state index is 0.431. The monoisotopic (exact) mass is 306 g/mol. The first-order valence-electron chi connectivity index (χ1n) is 6.75. The average molecular weight is 307 g/mol. The summed E-state index contributed by atoms with van der Waals surface area (Å²) in [5, 5.41) is 0.659. The largest absolute Gasteiger partial charge is 0.325 e. The van der Waals surface area contributed by atoms with Gasteiger partial charge in [0.25, 0.3) is 0 Å². The van der Waals surface area contributed by atoms with Gasteiger partial charge in [0, 0.05) is 24.3 Å². The van der Waals surface area contributed by atoms with E-state index in [1.165, 1.54) is 11.3 Å². The van der Waals surface area contributed by atoms with Gasteiger partial charge in [-0.3, -0.25) is 0 Å². The predicted octanol–water partition coefficient (Wildman–Crippen LogP) is 4.80. The summed E-state index contributed by atoms with van der Waals surface area (Å²) in [4.78, 5) is 6.73. The summed E-state index contributed by atoms with van der Waals surface area (Å²) in [6.45, 7) is 3.19.